The molecule has 0 spiro atoms. The van der Waals surface area contributed by atoms with E-state index in [1.807, 2.05) is 31.2 Å². The number of aliphatic hydroxyl groups excluding tert-OH is 1. The van der Waals surface area contributed by atoms with Crippen LogP contribution in [0.15, 0.2) is 60.9 Å². The molecule has 6 heteroatoms. The maximum Gasteiger partial charge on any atom is 0.254 e. The zero-order valence-electron chi connectivity index (χ0n) is 13.7. The van der Waals surface area contributed by atoms with Gasteiger partial charge in [0.05, 0.1) is 17.9 Å². The normalized spacial score (nSPS) is 12.0. The van der Waals surface area contributed by atoms with Gasteiger partial charge in [-0.15, -0.1) is 0 Å². The minimum absolute atomic E-state index is 0.0779. The van der Waals surface area contributed by atoms with Crippen molar-refractivity contribution in [1.29, 1.82) is 0 Å². The molecule has 0 bridgehead atoms. The highest BCUT2D eigenvalue weighted by molar-refractivity contribution is 5.93. The Morgan fingerprint density at radius 1 is 1.24 bits per heavy atom. The maximum absolute atomic E-state index is 13.8. The molecule has 0 fully saturated rings. The van der Waals surface area contributed by atoms with Gasteiger partial charge in [-0.25, -0.2) is 9.07 Å². The Labute approximate surface area is 144 Å². The molecule has 0 aliphatic rings. The third kappa shape index (κ3) is 3.75. The van der Waals surface area contributed by atoms with Gasteiger partial charge in [0, 0.05) is 12.7 Å². The fourth-order valence-corrected chi connectivity index (χ4v) is 2.57. The first-order chi connectivity index (χ1) is 12.1. The zero-order chi connectivity index (χ0) is 17.8. The highest BCUT2D eigenvalue weighted by atomic mass is 19.1. The van der Waals surface area contributed by atoms with Crippen molar-refractivity contribution in [2.24, 2.45) is 0 Å². The van der Waals surface area contributed by atoms with E-state index in [-0.39, 0.29) is 18.1 Å². The standard InChI is InChI=1S/C19H18FN3O2/c1-13-6-2-3-7-15(13)18(24)11-21-19(25)14-10-22-23(12-14)17-9-5-4-8-16(17)20/h2-10,12,18,24H,11H2,1H3,(H,21,25). The summed E-state index contributed by atoms with van der Waals surface area (Å²) in [6.07, 6.45) is 2.02. The fraction of sp³-hybridized carbons (Fsp3) is 0.158. The summed E-state index contributed by atoms with van der Waals surface area (Å²) in [5, 5.41) is 16.9. The third-order valence-electron chi connectivity index (χ3n) is 3.95. The second kappa shape index (κ2) is 7.27. The second-order valence-electron chi connectivity index (χ2n) is 5.71. The molecule has 1 amide bonds. The highest BCUT2D eigenvalue weighted by Gasteiger charge is 2.14. The molecule has 1 unspecified atom stereocenters. The molecule has 0 saturated carbocycles. The van der Waals surface area contributed by atoms with Crippen molar-refractivity contribution in [2.45, 2.75) is 13.0 Å². The number of carbonyl (C=O) groups is 1. The van der Waals surface area contributed by atoms with Crippen LogP contribution in [0.2, 0.25) is 0 Å². The Hall–Kier alpha value is -2.99. The molecule has 1 aromatic heterocycles. The first kappa shape index (κ1) is 16.9. The van der Waals surface area contributed by atoms with Gasteiger partial charge in [0.2, 0.25) is 0 Å². The Morgan fingerprint density at radius 2 is 1.96 bits per heavy atom. The number of rotatable bonds is 5. The van der Waals surface area contributed by atoms with Gasteiger partial charge in [-0.05, 0) is 30.2 Å². The second-order valence-corrected chi connectivity index (χ2v) is 5.71. The number of aliphatic hydroxyl groups is 1. The summed E-state index contributed by atoms with van der Waals surface area (Å²) in [6, 6.07) is 13.6. The van der Waals surface area contributed by atoms with Crippen LogP contribution < -0.4 is 5.32 Å². The van der Waals surface area contributed by atoms with Crippen molar-refractivity contribution in [3.63, 3.8) is 0 Å². The van der Waals surface area contributed by atoms with E-state index in [4.69, 9.17) is 0 Å². The van der Waals surface area contributed by atoms with Crippen LogP contribution in [-0.4, -0.2) is 27.3 Å². The van der Waals surface area contributed by atoms with Crippen LogP contribution in [0.1, 0.15) is 27.6 Å². The minimum Gasteiger partial charge on any atom is -0.387 e. The molecule has 128 valence electrons. The molecular weight excluding hydrogens is 321 g/mol. The average molecular weight is 339 g/mol. The van der Waals surface area contributed by atoms with Crippen LogP contribution in [-0.2, 0) is 0 Å². The lowest BCUT2D eigenvalue weighted by Crippen LogP contribution is -2.28. The van der Waals surface area contributed by atoms with Gasteiger partial charge in [-0.2, -0.15) is 5.10 Å². The number of nitrogens with one attached hydrogen (secondary N) is 1. The Morgan fingerprint density at radius 3 is 2.72 bits per heavy atom. The molecule has 0 radical (unpaired) electrons. The summed E-state index contributed by atoms with van der Waals surface area (Å²) in [6.45, 7) is 1.98. The van der Waals surface area contributed by atoms with Gasteiger partial charge in [-0.3, -0.25) is 4.79 Å². The molecule has 5 nitrogen and oxygen atoms in total. The van der Waals surface area contributed by atoms with E-state index >= 15 is 0 Å². The van der Waals surface area contributed by atoms with E-state index in [9.17, 15) is 14.3 Å². The highest BCUT2D eigenvalue weighted by Crippen LogP contribution is 2.17. The Bertz CT molecular complexity index is 892. The van der Waals surface area contributed by atoms with Crippen molar-refractivity contribution >= 4 is 5.91 Å². The van der Waals surface area contributed by atoms with Crippen molar-refractivity contribution in [3.05, 3.63) is 83.4 Å². The van der Waals surface area contributed by atoms with Gasteiger partial charge in [0.15, 0.2) is 0 Å². The summed E-state index contributed by atoms with van der Waals surface area (Å²) in [5.74, 6) is -0.803. The van der Waals surface area contributed by atoms with E-state index in [0.29, 0.717) is 5.56 Å². The Kier molecular flexibility index (Phi) is 4.90. The van der Waals surface area contributed by atoms with Gasteiger partial charge in [-0.1, -0.05) is 36.4 Å². The fourth-order valence-electron chi connectivity index (χ4n) is 2.57. The van der Waals surface area contributed by atoms with Crippen LogP contribution in [0.25, 0.3) is 5.69 Å². The molecule has 25 heavy (non-hydrogen) atoms. The topological polar surface area (TPSA) is 67.2 Å². The molecule has 1 atom stereocenters. The summed E-state index contributed by atoms with van der Waals surface area (Å²) in [4.78, 5) is 12.2. The van der Waals surface area contributed by atoms with E-state index < -0.39 is 11.9 Å². The summed E-state index contributed by atoms with van der Waals surface area (Å²) in [5.41, 5.74) is 2.28. The number of aryl methyl sites for hydroxylation is 1. The summed E-state index contributed by atoms with van der Waals surface area (Å²) in [7, 11) is 0. The largest absolute Gasteiger partial charge is 0.387 e. The zero-order valence-corrected chi connectivity index (χ0v) is 13.7. The molecule has 0 aliphatic heterocycles. The van der Waals surface area contributed by atoms with E-state index in [1.165, 1.54) is 23.1 Å². The van der Waals surface area contributed by atoms with Crippen LogP contribution in [0.5, 0.6) is 0 Å². The van der Waals surface area contributed by atoms with Crippen LogP contribution >= 0.6 is 0 Å². The first-order valence-electron chi connectivity index (χ1n) is 7.87. The monoisotopic (exact) mass is 339 g/mol. The number of benzene rings is 2. The van der Waals surface area contributed by atoms with Gasteiger partial charge < -0.3 is 10.4 Å². The molecule has 1 heterocycles. The molecule has 3 aromatic rings. The minimum atomic E-state index is -0.799. The lowest BCUT2D eigenvalue weighted by atomic mass is 10.0. The summed E-state index contributed by atoms with van der Waals surface area (Å²) < 4.78 is 15.1. The van der Waals surface area contributed by atoms with Crippen LogP contribution in [0.4, 0.5) is 4.39 Å². The quantitative estimate of drug-likeness (QED) is 0.751. The number of carbonyl (C=O) groups excluding carboxylic acids is 1. The lowest BCUT2D eigenvalue weighted by molar-refractivity contribution is 0.0916. The number of nitrogens with zero attached hydrogens (tertiary/aromatic N) is 2. The smallest absolute Gasteiger partial charge is 0.254 e. The predicted octanol–water partition coefficient (Wildman–Crippen LogP) is 2.78. The molecule has 0 saturated heterocycles. The molecule has 0 aliphatic carbocycles. The Balaban J connectivity index is 1.67. The van der Waals surface area contributed by atoms with Gasteiger partial charge in [0.1, 0.15) is 11.5 Å². The summed E-state index contributed by atoms with van der Waals surface area (Å²) >= 11 is 0. The van der Waals surface area contributed by atoms with E-state index in [2.05, 4.69) is 10.4 Å². The first-order valence-corrected chi connectivity index (χ1v) is 7.87. The van der Waals surface area contributed by atoms with E-state index in [1.54, 1.807) is 18.2 Å². The molecule has 2 N–H and O–H groups in total. The number of amides is 1. The van der Waals surface area contributed by atoms with Crippen molar-refractivity contribution in [1.82, 2.24) is 15.1 Å². The molecular formula is C19H18FN3O2. The predicted molar refractivity (Wildman–Crippen MR) is 92.0 cm³/mol. The number of hydrogen-bond acceptors (Lipinski definition) is 3. The number of hydrogen-bond donors (Lipinski definition) is 2. The number of aromatic nitrogens is 2. The maximum atomic E-state index is 13.8. The van der Waals surface area contributed by atoms with Gasteiger partial charge in [0.25, 0.3) is 5.91 Å². The molecule has 3 rings (SSSR count). The SMILES string of the molecule is Cc1ccccc1C(O)CNC(=O)c1cnn(-c2ccccc2F)c1. The van der Waals surface area contributed by atoms with E-state index in [0.717, 1.165) is 11.1 Å². The number of para-hydroxylation sites is 1. The van der Waals surface area contributed by atoms with Crippen LogP contribution in [0, 0.1) is 12.7 Å². The average Bonchev–Trinajstić information content (AvgIpc) is 3.10. The van der Waals surface area contributed by atoms with Gasteiger partial charge >= 0.3 is 0 Å². The van der Waals surface area contributed by atoms with Crippen LogP contribution in [0.3, 0.4) is 0 Å². The lowest BCUT2D eigenvalue weighted by Gasteiger charge is -2.14. The van der Waals surface area contributed by atoms with Crippen molar-refractivity contribution in [2.75, 3.05) is 6.54 Å². The van der Waals surface area contributed by atoms with Crippen molar-refractivity contribution in [3.8, 4) is 5.69 Å². The molecule has 2 aromatic carbocycles. The third-order valence-corrected chi connectivity index (χ3v) is 3.95. The van der Waals surface area contributed by atoms with Crippen molar-refractivity contribution < 1.29 is 14.3 Å². The number of halogens is 1.